The second-order valence-corrected chi connectivity index (χ2v) is 14.5. The average Bonchev–Trinajstić information content (AvgIpc) is 3.90. The van der Waals surface area contributed by atoms with Crippen LogP contribution in [0.1, 0.15) is 47.4 Å². The molecule has 0 saturated heterocycles. The first kappa shape index (κ1) is 38.1. The fourth-order valence-corrected chi connectivity index (χ4v) is 5.15. The van der Waals surface area contributed by atoms with Crippen molar-refractivity contribution in [3.8, 4) is 22.3 Å². The van der Waals surface area contributed by atoms with Gasteiger partial charge in [0.25, 0.3) is 0 Å². The van der Waals surface area contributed by atoms with Gasteiger partial charge in [-0.1, -0.05) is 24.3 Å². The summed E-state index contributed by atoms with van der Waals surface area (Å²) in [5.74, 6) is 1.88. The molecule has 7 rings (SSSR count). The van der Waals surface area contributed by atoms with Crippen molar-refractivity contribution in [2.75, 3.05) is 10.6 Å². The average molecular weight is 763 g/mol. The van der Waals surface area contributed by atoms with Gasteiger partial charge in [-0.15, -0.1) is 0 Å². The predicted octanol–water partition coefficient (Wildman–Crippen LogP) is 9.44. The number of benzene rings is 2. The molecule has 0 unspecified atom stereocenters. The topological polar surface area (TPSA) is 177 Å². The number of halogens is 1. The Hall–Kier alpha value is -6.61. The molecule has 7 aromatic rings. The van der Waals surface area contributed by atoms with Crippen LogP contribution < -0.4 is 10.6 Å². The minimum Gasteiger partial charge on any atom is -0.459 e. The van der Waals surface area contributed by atoms with E-state index in [2.05, 4.69) is 40.8 Å². The second-order valence-electron chi connectivity index (χ2n) is 14.2. The first-order chi connectivity index (χ1) is 26.1. The summed E-state index contributed by atoms with van der Waals surface area (Å²) < 4.78 is 18.5. The van der Waals surface area contributed by atoms with E-state index >= 15 is 0 Å². The summed E-state index contributed by atoms with van der Waals surface area (Å²) in [6.07, 6.45) is 8.69. The van der Waals surface area contributed by atoms with Crippen molar-refractivity contribution in [1.82, 2.24) is 39.5 Å². The van der Waals surface area contributed by atoms with E-state index in [0.717, 1.165) is 39.1 Å². The molecule has 55 heavy (non-hydrogen) atoms. The van der Waals surface area contributed by atoms with Gasteiger partial charge in [0, 0.05) is 47.2 Å². The van der Waals surface area contributed by atoms with Crippen LogP contribution in [0.3, 0.4) is 0 Å². The Balaban J connectivity index is 0.000000188. The van der Waals surface area contributed by atoms with Gasteiger partial charge in [0.2, 0.25) is 5.28 Å². The first-order valence-corrected chi connectivity index (χ1v) is 17.5. The van der Waals surface area contributed by atoms with Gasteiger partial charge < -0.3 is 24.5 Å². The van der Waals surface area contributed by atoms with Crippen molar-refractivity contribution >= 4 is 57.9 Å². The van der Waals surface area contributed by atoms with Crippen LogP contribution in [0.25, 0.3) is 33.4 Å². The van der Waals surface area contributed by atoms with Crippen LogP contribution in [0, 0.1) is 6.92 Å². The van der Waals surface area contributed by atoms with Crippen LogP contribution in [0.15, 0.2) is 102 Å². The number of carbonyl (C=O) groups is 2. The number of hydrogen-bond acceptors (Lipinski definition) is 13. The molecule has 2 N–H and O–H groups in total. The molecule has 0 radical (unpaired) electrons. The normalized spacial score (nSPS) is 11.4. The highest BCUT2D eigenvalue weighted by Crippen LogP contribution is 2.27. The van der Waals surface area contributed by atoms with E-state index in [1.54, 1.807) is 49.4 Å². The second kappa shape index (κ2) is 15.8. The van der Waals surface area contributed by atoms with Gasteiger partial charge in [-0.05, 0) is 102 Å². The summed E-state index contributed by atoms with van der Waals surface area (Å²) in [6.45, 7) is 12.7. The van der Waals surface area contributed by atoms with E-state index in [1.165, 1.54) is 9.36 Å². The molecule has 0 aliphatic heterocycles. The van der Waals surface area contributed by atoms with Crippen LogP contribution in [-0.2, 0) is 9.47 Å². The molecular formula is C39H39ClN10O5. The number of hydrogen-bond donors (Lipinski definition) is 2. The number of ether oxygens (including phenoxy) is 2. The molecule has 15 nitrogen and oxygen atoms in total. The van der Waals surface area contributed by atoms with E-state index in [-0.39, 0.29) is 5.28 Å². The highest BCUT2D eigenvalue weighted by molar-refractivity contribution is 6.28. The number of nitrogens with zero attached hydrogens (tertiary/aromatic N) is 8. The Morgan fingerprint density at radius 2 is 1.22 bits per heavy atom. The zero-order valence-corrected chi connectivity index (χ0v) is 32.0. The van der Waals surface area contributed by atoms with Gasteiger partial charge in [-0.2, -0.15) is 19.6 Å². The lowest BCUT2D eigenvalue weighted by Crippen LogP contribution is -2.27. The standard InChI is InChI=1S/C21H21N5O3.C18H18ClN5O2/c1-13-23-17-9-10-28-18(17)19(24-13)25-16-7-5-14(6-8-16)15-11-22-26(12-15)20(27)29-21(2,3)4;1-18(2,3)26-17(25)24-11-13(10-21-24)12-4-6-14(7-5-12)22-15-8-9-20-16(19)23-15/h5-12H,1-4H3,(H,23,24,25);4-11H,1-3H3,(H,20,22,23). The monoisotopic (exact) mass is 762 g/mol. The Morgan fingerprint density at radius 3 is 1.73 bits per heavy atom. The van der Waals surface area contributed by atoms with Crippen molar-refractivity contribution in [3.05, 3.63) is 109 Å². The molecule has 5 aromatic heterocycles. The summed E-state index contributed by atoms with van der Waals surface area (Å²) >= 11 is 5.77. The van der Waals surface area contributed by atoms with Gasteiger partial charge in [-0.3, -0.25) is 0 Å². The van der Waals surface area contributed by atoms with Crippen LogP contribution in [0.2, 0.25) is 5.28 Å². The molecule has 16 heteroatoms. The summed E-state index contributed by atoms with van der Waals surface area (Å²) in [5, 5.41) is 14.8. The molecule has 0 amide bonds. The number of furan rings is 1. The molecule has 0 atom stereocenters. The Morgan fingerprint density at radius 1 is 0.691 bits per heavy atom. The lowest BCUT2D eigenvalue weighted by molar-refractivity contribution is 0.0503. The van der Waals surface area contributed by atoms with Crippen molar-refractivity contribution in [3.63, 3.8) is 0 Å². The van der Waals surface area contributed by atoms with Crippen LogP contribution in [0.4, 0.5) is 32.6 Å². The van der Waals surface area contributed by atoms with Crippen molar-refractivity contribution < 1.29 is 23.5 Å². The van der Waals surface area contributed by atoms with E-state index < -0.39 is 23.4 Å². The van der Waals surface area contributed by atoms with Crippen molar-refractivity contribution in [2.45, 2.75) is 59.7 Å². The maximum Gasteiger partial charge on any atom is 0.435 e. The predicted molar refractivity (Wildman–Crippen MR) is 209 cm³/mol. The van der Waals surface area contributed by atoms with Gasteiger partial charge in [-0.25, -0.2) is 29.5 Å². The lowest BCUT2D eigenvalue weighted by atomic mass is 10.1. The minimum atomic E-state index is -0.574. The molecule has 0 bridgehead atoms. The summed E-state index contributed by atoms with van der Waals surface area (Å²) in [5.41, 5.74) is 5.40. The summed E-state index contributed by atoms with van der Waals surface area (Å²) in [6, 6.07) is 18.9. The number of fused-ring (bicyclic) bond motifs is 1. The number of anilines is 4. The number of rotatable bonds is 6. The molecule has 0 spiro atoms. The number of aryl methyl sites for hydroxylation is 1. The number of aromatic nitrogens is 8. The van der Waals surface area contributed by atoms with Crippen molar-refractivity contribution in [2.24, 2.45) is 0 Å². The van der Waals surface area contributed by atoms with Crippen LogP contribution in [-0.4, -0.2) is 62.9 Å². The smallest absolute Gasteiger partial charge is 0.435 e. The molecule has 2 aromatic carbocycles. The Labute approximate surface area is 321 Å². The van der Waals surface area contributed by atoms with E-state index in [1.807, 2.05) is 97.0 Å². The fourth-order valence-electron chi connectivity index (χ4n) is 5.01. The molecular weight excluding hydrogens is 724 g/mol. The third-order valence-electron chi connectivity index (χ3n) is 7.34. The zero-order chi connectivity index (χ0) is 39.3. The Kier molecular flexibility index (Phi) is 10.9. The molecule has 0 saturated carbocycles. The highest BCUT2D eigenvalue weighted by atomic mass is 35.5. The third kappa shape index (κ3) is 10.3. The first-order valence-electron chi connectivity index (χ1n) is 17.1. The van der Waals surface area contributed by atoms with Gasteiger partial charge in [0.05, 0.1) is 18.7 Å². The zero-order valence-electron chi connectivity index (χ0n) is 31.2. The molecule has 0 fully saturated rings. The Bertz CT molecular complexity index is 2420. The SMILES string of the molecule is CC(C)(C)OC(=O)n1cc(-c2ccc(Nc3ccnc(Cl)n3)cc2)cn1.Cc1nc(Nc2ccc(-c3cnn(C(=O)OC(C)(C)C)c3)cc2)c2occc2n1. The van der Waals surface area contributed by atoms with Gasteiger partial charge in [0.1, 0.15) is 28.4 Å². The minimum absolute atomic E-state index is 0.182. The van der Waals surface area contributed by atoms with E-state index in [9.17, 15) is 9.59 Å². The van der Waals surface area contributed by atoms with Crippen molar-refractivity contribution in [1.29, 1.82) is 0 Å². The van der Waals surface area contributed by atoms with Crippen LogP contribution >= 0.6 is 11.6 Å². The molecule has 5 heterocycles. The molecule has 0 aliphatic rings. The van der Waals surface area contributed by atoms with E-state index in [0.29, 0.717) is 23.0 Å². The third-order valence-corrected chi connectivity index (χ3v) is 7.52. The number of carbonyl (C=O) groups excluding carboxylic acids is 2. The highest BCUT2D eigenvalue weighted by Gasteiger charge is 2.20. The summed E-state index contributed by atoms with van der Waals surface area (Å²) in [4.78, 5) is 40.8. The lowest BCUT2D eigenvalue weighted by Gasteiger charge is -2.18. The summed E-state index contributed by atoms with van der Waals surface area (Å²) in [7, 11) is 0. The number of nitrogens with one attached hydrogen (secondary N) is 2. The maximum absolute atomic E-state index is 12.1. The van der Waals surface area contributed by atoms with E-state index in [4.69, 9.17) is 25.5 Å². The van der Waals surface area contributed by atoms with Gasteiger partial charge >= 0.3 is 12.2 Å². The molecule has 0 aliphatic carbocycles. The van der Waals surface area contributed by atoms with Crippen LogP contribution in [0.5, 0.6) is 0 Å². The fraction of sp³-hybridized carbons (Fsp3) is 0.231. The quantitative estimate of drug-likeness (QED) is 0.153. The largest absolute Gasteiger partial charge is 0.459 e. The molecule has 282 valence electrons. The van der Waals surface area contributed by atoms with Gasteiger partial charge in [0.15, 0.2) is 11.4 Å². The maximum atomic E-state index is 12.1.